The van der Waals surface area contributed by atoms with Crippen LogP contribution in [0.3, 0.4) is 0 Å². The third-order valence-corrected chi connectivity index (χ3v) is 4.17. The van der Waals surface area contributed by atoms with Gasteiger partial charge in [0, 0.05) is 47.8 Å². The molecule has 0 N–H and O–H groups in total. The highest BCUT2D eigenvalue weighted by molar-refractivity contribution is 6.33. The summed E-state index contributed by atoms with van der Waals surface area (Å²) in [5.41, 5.74) is 1.96. The van der Waals surface area contributed by atoms with Crippen LogP contribution in [0, 0.1) is 0 Å². The molecule has 2 heterocycles. The van der Waals surface area contributed by atoms with Gasteiger partial charge in [0.05, 0.1) is 24.0 Å². The molecule has 0 aliphatic heterocycles. The van der Waals surface area contributed by atoms with Crippen molar-refractivity contribution in [3.05, 3.63) is 29.3 Å². The van der Waals surface area contributed by atoms with E-state index in [1.807, 2.05) is 65.4 Å². The molecule has 0 amide bonds. The fraction of sp³-hybridized carbons (Fsp3) is 0.286. The van der Waals surface area contributed by atoms with Crippen LogP contribution >= 0.6 is 11.6 Å². The van der Waals surface area contributed by atoms with E-state index in [1.165, 1.54) is 0 Å². The van der Waals surface area contributed by atoms with E-state index in [9.17, 15) is 0 Å². The Bertz CT molecular complexity index is 1180. The first-order valence-corrected chi connectivity index (χ1v) is 10.1. The molecule has 11 heteroatoms. The maximum Gasteiger partial charge on any atom is 0.255 e. The van der Waals surface area contributed by atoms with Crippen molar-refractivity contribution in [1.82, 2.24) is 34.6 Å². The van der Waals surface area contributed by atoms with Crippen LogP contribution in [-0.4, -0.2) is 95.9 Å². The lowest BCUT2D eigenvalue weighted by Gasteiger charge is -2.11. The number of fused-ring (bicyclic) bond motifs is 1. The summed E-state index contributed by atoms with van der Waals surface area (Å²) in [6, 6.07) is 7.40. The third-order valence-electron chi connectivity index (χ3n) is 3.84. The number of halogens is 1. The molecule has 0 aliphatic rings. The zero-order valence-corrected chi connectivity index (χ0v) is 19.6. The summed E-state index contributed by atoms with van der Waals surface area (Å²) in [6.45, 7) is 0. The van der Waals surface area contributed by atoms with Gasteiger partial charge >= 0.3 is 0 Å². The minimum atomic E-state index is 0.222. The SMILES string of the molecule is CN(C)C=Nc1nc2nc(/N=C/N(C)C)nc(N=CN(C)C)c2nc1-c1ccccc1Cl. The summed E-state index contributed by atoms with van der Waals surface area (Å²) >= 11 is 6.46. The molecule has 3 aromatic rings. The van der Waals surface area contributed by atoms with E-state index in [2.05, 4.69) is 29.9 Å². The van der Waals surface area contributed by atoms with Gasteiger partial charge in [-0.1, -0.05) is 29.8 Å². The van der Waals surface area contributed by atoms with Gasteiger partial charge in [-0.2, -0.15) is 9.97 Å². The first kappa shape index (κ1) is 23.0. The molecular weight excluding hydrogens is 428 g/mol. The third kappa shape index (κ3) is 5.73. The lowest BCUT2D eigenvalue weighted by Crippen LogP contribution is -2.08. The molecule has 0 saturated carbocycles. The van der Waals surface area contributed by atoms with Gasteiger partial charge in [-0.15, -0.1) is 0 Å². The number of rotatable bonds is 7. The van der Waals surface area contributed by atoms with Gasteiger partial charge in [-0.3, -0.25) is 0 Å². The highest BCUT2D eigenvalue weighted by Crippen LogP contribution is 2.35. The Morgan fingerprint density at radius 1 is 0.719 bits per heavy atom. The van der Waals surface area contributed by atoms with Crippen molar-refractivity contribution < 1.29 is 0 Å². The van der Waals surface area contributed by atoms with E-state index in [0.29, 0.717) is 39.1 Å². The maximum absolute atomic E-state index is 6.46. The molecule has 0 spiro atoms. The van der Waals surface area contributed by atoms with Crippen molar-refractivity contribution in [2.45, 2.75) is 0 Å². The monoisotopic (exact) mass is 452 g/mol. The molecular formula is C21H25ClN10. The second-order valence-corrected chi connectivity index (χ2v) is 7.93. The average molecular weight is 453 g/mol. The Morgan fingerprint density at radius 2 is 1.31 bits per heavy atom. The second-order valence-electron chi connectivity index (χ2n) is 7.52. The van der Waals surface area contributed by atoms with E-state index in [0.717, 1.165) is 0 Å². The lowest BCUT2D eigenvalue weighted by atomic mass is 10.1. The summed E-state index contributed by atoms with van der Waals surface area (Å²) in [7, 11) is 11.2. The second kappa shape index (κ2) is 10.1. The predicted octanol–water partition coefficient (Wildman–Crippen LogP) is 3.40. The zero-order chi connectivity index (χ0) is 23.3. The van der Waals surface area contributed by atoms with E-state index >= 15 is 0 Å². The Balaban J connectivity index is 2.32. The number of hydrogen-bond donors (Lipinski definition) is 0. The van der Waals surface area contributed by atoms with Crippen LogP contribution in [-0.2, 0) is 0 Å². The summed E-state index contributed by atoms with van der Waals surface area (Å²) in [6.07, 6.45) is 4.89. The molecule has 0 unspecified atom stereocenters. The highest BCUT2D eigenvalue weighted by atomic mass is 35.5. The van der Waals surface area contributed by atoms with Gasteiger partial charge in [0.25, 0.3) is 5.95 Å². The molecule has 0 aliphatic carbocycles. The van der Waals surface area contributed by atoms with Gasteiger partial charge in [0.15, 0.2) is 22.8 Å². The molecule has 32 heavy (non-hydrogen) atoms. The molecule has 0 atom stereocenters. The quantitative estimate of drug-likeness (QED) is 0.400. The number of aromatic nitrogens is 4. The van der Waals surface area contributed by atoms with Crippen LogP contribution in [0.5, 0.6) is 0 Å². The molecule has 166 valence electrons. The Labute approximate surface area is 192 Å². The fourth-order valence-electron chi connectivity index (χ4n) is 2.49. The van der Waals surface area contributed by atoms with Gasteiger partial charge < -0.3 is 14.7 Å². The molecule has 0 fully saturated rings. The van der Waals surface area contributed by atoms with Crippen molar-refractivity contribution in [2.24, 2.45) is 15.0 Å². The minimum Gasteiger partial charge on any atom is -0.369 e. The van der Waals surface area contributed by atoms with Crippen molar-refractivity contribution in [3.8, 4) is 11.3 Å². The normalized spacial score (nSPS) is 11.8. The molecule has 0 saturated heterocycles. The molecule has 1 aromatic carbocycles. The Hall–Kier alpha value is -3.66. The first-order valence-electron chi connectivity index (χ1n) is 9.71. The topological polar surface area (TPSA) is 98.4 Å². The van der Waals surface area contributed by atoms with E-state index in [-0.39, 0.29) is 5.95 Å². The van der Waals surface area contributed by atoms with Crippen LogP contribution in [0.2, 0.25) is 5.02 Å². The molecule has 2 aromatic heterocycles. The largest absolute Gasteiger partial charge is 0.369 e. The number of aliphatic imine (C=N–C) groups is 3. The van der Waals surface area contributed by atoms with Crippen molar-refractivity contribution in [3.63, 3.8) is 0 Å². The van der Waals surface area contributed by atoms with Gasteiger partial charge in [0.1, 0.15) is 5.69 Å². The highest BCUT2D eigenvalue weighted by Gasteiger charge is 2.17. The Morgan fingerprint density at radius 3 is 1.94 bits per heavy atom. The molecule has 0 bridgehead atoms. The number of nitrogens with zero attached hydrogens (tertiary/aromatic N) is 10. The van der Waals surface area contributed by atoms with Crippen LogP contribution in [0.15, 0.2) is 39.2 Å². The van der Waals surface area contributed by atoms with Crippen molar-refractivity contribution in [2.75, 3.05) is 42.3 Å². The van der Waals surface area contributed by atoms with E-state index < -0.39 is 0 Å². The summed E-state index contributed by atoms with van der Waals surface area (Å²) < 4.78 is 0. The van der Waals surface area contributed by atoms with E-state index in [4.69, 9.17) is 16.6 Å². The smallest absolute Gasteiger partial charge is 0.255 e. The first-order chi connectivity index (χ1) is 15.2. The van der Waals surface area contributed by atoms with Gasteiger partial charge in [-0.05, 0) is 6.07 Å². The maximum atomic E-state index is 6.46. The molecule has 3 rings (SSSR count). The van der Waals surface area contributed by atoms with E-state index in [1.54, 1.807) is 34.9 Å². The number of hydrogen-bond acceptors (Lipinski definition) is 7. The van der Waals surface area contributed by atoms with Gasteiger partial charge in [0.2, 0.25) is 0 Å². The zero-order valence-electron chi connectivity index (χ0n) is 18.9. The molecule has 10 nitrogen and oxygen atoms in total. The van der Waals surface area contributed by atoms with Crippen molar-refractivity contribution >= 4 is 59.4 Å². The predicted molar refractivity (Wildman–Crippen MR) is 131 cm³/mol. The average Bonchev–Trinajstić information content (AvgIpc) is 2.74. The Kier molecular flexibility index (Phi) is 7.26. The number of benzene rings is 1. The van der Waals surface area contributed by atoms with Crippen LogP contribution in [0.1, 0.15) is 0 Å². The molecule has 0 radical (unpaired) electrons. The summed E-state index contributed by atoms with van der Waals surface area (Å²) in [5, 5.41) is 0.536. The summed E-state index contributed by atoms with van der Waals surface area (Å²) in [5.74, 6) is 0.945. The lowest BCUT2D eigenvalue weighted by molar-refractivity contribution is 0.642. The minimum absolute atomic E-state index is 0.222. The van der Waals surface area contributed by atoms with Crippen LogP contribution < -0.4 is 0 Å². The van der Waals surface area contributed by atoms with Crippen LogP contribution in [0.4, 0.5) is 17.6 Å². The van der Waals surface area contributed by atoms with Gasteiger partial charge in [-0.25, -0.2) is 24.9 Å². The summed E-state index contributed by atoms with van der Waals surface area (Å²) in [4.78, 5) is 37.0. The van der Waals surface area contributed by atoms with Crippen LogP contribution in [0.25, 0.3) is 22.4 Å². The standard InChI is InChI=1S/C21H25ClN10/c1-30(2)11-23-18-16(14-9-7-8-10-15(14)22)26-17-19(24-12-31(3)4)28-21(25-13-32(5)6)29-20(17)27-18/h7-13H,1-6H3/b23-11?,24-12?,25-13+. The fourth-order valence-corrected chi connectivity index (χ4v) is 2.72. The van der Waals surface area contributed by atoms with Crippen molar-refractivity contribution in [1.29, 1.82) is 0 Å².